The van der Waals surface area contributed by atoms with Crippen molar-refractivity contribution >= 4 is 16.0 Å². The van der Waals surface area contributed by atoms with Crippen molar-refractivity contribution in [2.75, 3.05) is 26.7 Å². The number of hydrogen-bond donors (Lipinski definition) is 2. The molecule has 156 valence electrons. The van der Waals surface area contributed by atoms with Crippen molar-refractivity contribution in [1.82, 2.24) is 10.2 Å². The number of nitrogens with two attached hydrogens (primary N) is 1. The first-order valence-corrected chi connectivity index (χ1v) is 11.2. The van der Waals surface area contributed by atoms with E-state index < -0.39 is 10.0 Å². The number of nitrogens with one attached hydrogen (secondary N) is 1. The zero-order valence-electron chi connectivity index (χ0n) is 16.8. The van der Waals surface area contributed by atoms with Gasteiger partial charge in [-0.2, -0.15) is 0 Å². The third-order valence-electron chi connectivity index (χ3n) is 5.05. The lowest BCUT2D eigenvalue weighted by Crippen LogP contribution is -2.40. The van der Waals surface area contributed by atoms with E-state index >= 15 is 0 Å². The van der Waals surface area contributed by atoms with Crippen LogP contribution < -0.4 is 15.2 Å². The van der Waals surface area contributed by atoms with E-state index in [1.807, 2.05) is 25.1 Å². The second-order valence-electron chi connectivity index (χ2n) is 7.07. The summed E-state index contributed by atoms with van der Waals surface area (Å²) in [6.45, 7) is 4.98. The Morgan fingerprint density at radius 1 is 1.28 bits per heavy atom. The van der Waals surface area contributed by atoms with Crippen LogP contribution in [0.4, 0.5) is 0 Å². The predicted molar refractivity (Wildman–Crippen MR) is 115 cm³/mol. The summed E-state index contributed by atoms with van der Waals surface area (Å²) in [6, 6.07) is 14.8. The SMILES string of the molecule is CCNC(=NCc1cccc(S(N)(=O)=O)c1)N1CCC(c2ccc(OC)cc2)C1. The number of likely N-dealkylation sites (tertiary alicyclic amines) is 1. The Balaban J connectivity index is 1.71. The predicted octanol–water partition coefficient (Wildman–Crippen LogP) is 2.30. The molecule has 1 atom stereocenters. The fourth-order valence-corrected chi connectivity index (χ4v) is 4.10. The molecule has 2 aromatic carbocycles. The monoisotopic (exact) mass is 416 g/mol. The van der Waals surface area contributed by atoms with Gasteiger partial charge < -0.3 is 15.0 Å². The van der Waals surface area contributed by atoms with E-state index in [-0.39, 0.29) is 4.90 Å². The average Bonchev–Trinajstić information content (AvgIpc) is 3.21. The average molecular weight is 417 g/mol. The summed E-state index contributed by atoms with van der Waals surface area (Å²) >= 11 is 0. The topological polar surface area (TPSA) is 97.0 Å². The molecule has 0 bridgehead atoms. The molecule has 1 saturated heterocycles. The minimum Gasteiger partial charge on any atom is -0.497 e. The van der Waals surface area contributed by atoms with Crippen molar-refractivity contribution in [3.8, 4) is 5.75 Å². The summed E-state index contributed by atoms with van der Waals surface area (Å²) in [6.07, 6.45) is 1.05. The molecule has 1 fully saturated rings. The van der Waals surface area contributed by atoms with Gasteiger partial charge in [-0.3, -0.25) is 0 Å². The lowest BCUT2D eigenvalue weighted by molar-refractivity contribution is 0.414. The molecule has 3 rings (SSSR count). The summed E-state index contributed by atoms with van der Waals surface area (Å²) in [5.41, 5.74) is 2.10. The Morgan fingerprint density at radius 3 is 2.69 bits per heavy atom. The van der Waals surface area contributed by atoms with Crippen molar-refractivity contribution in [2.45, 2.75) is 30.7 Å². The molecule has 1 unspecified atom stereocenters. The first kappa shape index (κ1) is 21.1. The number of methoxy groups -OCH3 is 1. The van der Waals surface area contributed by atoms with Crippen LogP contribution in [0.5, 0.6) is 5.75 Å². The van der Waals surface area contributed by atoms with Crippen molar-refractivity contribution in [2.24, 2.45) is 10.1 Å². The first-order valence-electron chi connectivity index (χ1n) is 9.69. The highest BCUT2D eigenvalue weighted by atomic mass is 32.2. The van der Waals surface area contributed by atoms with Crippen LogP contribution in [0.2, 0.25) is 0 Å². The molecular formula is C21H28N4O3S. The lowest BCUT2D eigenvalue weighted by atomic mass is 9.98. The number of hydrogen-bond acceptors (Lipinski definition) is 4. The van der Waals surface area contributed by atoms with Gasteiger partial charge >= 0.3 is 0 Å². The van der Waals surface area contributed by atoms with Crippen LogP contribution in [0.15, 0.2) is 58.4 Å². The van der Waals surface area contributed by atoms with Gasteiger partial charge in [-0.1, -0.05) is 24.3 Å². The molecule has 1 aliphatic heterocycles. The number of aliphatic imine (C=N–C) groups is 1. The third-order valence-corrected chi connectivity index (χ3v) is 5.96. The standard InChI is InChI=1S/C21H28N4O3S/c1-3-23-21(24-14-16-5-4-6-20(13-16)29(22,26)27)25-12-11-18(15-25)17-7-9-19(28-2)10-8-17/h4-10,13,18H,3,11-12,14-15H2,1-2H3,(H,23,24)(H2,22,26,27). The summed E-state index contributed by atoms with van der Waals surface area (Å²) in [7, 11) is -2.05. The molecule has 0 spiro atoms. The van der Waals surface area contributed by atoms with E-state index in [0.717, 1.165) is 43.3 Å². The van der Waals surface area contributed by atoms with Gasteiger partial charge in [0.25, 0.3) is 0 Å². The number of nitrogens with zero attached hydrogens (tertiary/aromatic N) is 2. The zero-order valence-corrected chi connectivity index (χ0v) is 17.7. The summed E-state index contributed by atoms with van der Waals surface area (Å²) in [5, 5.41) is 8.57. The molecule has 8 heteroatoms. The van der Waals surface area contributed by atoms with E-state index in [1.165, 1.54) is 11.6 Å². The van der Waals surface area contributed by atoms with Crippen LogP contribution in [-0.2, 0) is 16.6 Å². The van der Waals surface area contributed by atoms with Gasteiger partial charge in [-0.25, -0.2) is 18.5 Å². The summed E-state index contributed by atoms with van der Waals surface area (Å²) in [5.74, 6) is 2.14. The molecular weight excluding hydrogens is 388 g/mol. The van der Waals surface area contributed by atoms with Crippen molar-refractivity contribution < 1.29 is 13.2 Å². The Morgan fingerprint density at radius 2 is 2.03 bits per heavy atom. The molecule has 0 saturated carbocycles. The second kappa shape index (κ2) is 9.28. The number of rotatable bonds is 6. The van der Waals surface area contributed by atoms with Gasteiger partial charge in [-0.05, 0) is 48.7 Å². The maximum absolute atomic E-state index is 11.6. The van der Waals surface area contributed by atoms with E-state index in [1.54, 1.807) is 19.2 Å². The minimum absolute atomic E-state index is 0.107. The summed E-state index contributed by atoms with van der Waals surface area (Å²) in [4.78, 5) is 7.08. The number of guanidine groups is 1. The third kappa shape index (κ3) is 5.48. The molecule has 3 N–H and O–H groups in total. The van der Waals surface area contributed by atoms with E-state index in [2.05, 4.69) is 22.3 Å². The molecule has 0 amide bonds. The minimum atomic E-state index is -3.72. The molecule has 29 heavy (non-hydrogen) atoms. The zero-order chi connectivity index (χ0) is 20.9. The second-order valence-corrected chi connectivity index (χ2v) is 8.63. The number of ether oxygens (including phenoxy) is 1. The Hall–Kier alpha value is -2.58. The van der Waals surface area contributed by atoms with Crippen LogP contribution in [0, 0.1) is 0 Å². The Kier molecular flexibility index (Phi) is 6.76. The van der Waals surface area contributed by atoms with E-state index in [4.69, 9.17) is 14.9 Å². The van der Waals surface area contributed by atoms with Crippen LogP contribution >= 0.6 is 0 Å². The van der Waals surface area contributed by atoms with Crippen molar-refractivity contribution in [3.63, 3.8) is 0 Å². The maximum Gasteiger partial charge on any atom is 0.238 e. The van der Waals surface area contributed by atoms with Gasteiger partial charge in [-0.15, -0.1) is 0 Å². The highest BCUT2D eigenvalue weighted by molar-refractivity contribution is 7.89. The quantitative estimate of drug-likeness (QED) is 0.556. The van der Waals surface area contributed by atoms with Gasteiger partial charge in [0.15, 0.2) is 5.96 Å². The number of sulfonamides is 1. The Bertz CT molecular complexity index is 958. The molecule has 0 radical (unpaired) electrons. The largest absolute Gasteiger partial charge is 0.497 e. The number of benzene rings is 2. The molecule has 0 aromatic heterocycles. The summed E-state index contributed by atoms with van der Waals surface area (Å²) < 4.78 is 28.4. The van der Waals surface area contributed by atoms with Crippen LogP contribution in [0.3, 0.4) is 0 Å². The first-order chi connectivity index (χ1) is 13.9. The highest BCUT2D eigenvalue weighted by Crippen LogP contribution is 2.28. The Labute approximate surface area is 172 Å². The lowest BCUT2D eigenvalue weighted by Gasteiger charge is -2.22. The molecule has 0 aliphatic carbocycles. The fraction of sp³-hybridized carbons (Fsp3) is 0.381. The van der Waals surface area contributed by atoms with E-state index in [9.17, 15) is 8.42 Å². The van der Waals surface area contributed by atoms with Crippen LogP contribution in [0.1, 0.15) is 30.4 Å². The highest BCUT2D eigenvalue weighted by Gasteiger charge is 2.26. The number of primary sulfonamides is 1. The fourth-order valence-electron chi connectivity index (χ4n) is 3.51. The van der Waals surface area contributed by atoms with Crippen LogP contribution in [0.25, 0.3) is 0 Å². The van der Waals surface area contributed by atoms with E-state index in [0.29, 0.717) is 12.5 Å². The molecule has 2 aromatic rings. The van der Waals surface area contributed by atoms with Crippen molar-refractivity contribution in [1.29, 1.82) is 0 Å². The van der Waals surface area contributed by atoms with Gasteiger partial charge in [0.05, 0.1) is 18.6 Å². The van der Waals surface area contributed by atoms with Gasteiger partial charge in [0, 0.05) is 25.6 Å². The van der Waals surface area contributed by atoms with Crippen molar-refractivity contribution in [3.05, 3.63) is 59.7 Å². The van der Waals surface area contributed by atoms with Crippen LogP contribution in [-0.4, -0.2) is 46.0 Å². The van der Waals surface area contributed by atoms with Gasteiger partial charge in [0.2, 0.25) is 10.0 Å². The molecule has 7 nitrogen and oxygen atoms in total. The molecule has 1 heterocycles. The smallest absolute Gasteiger partial charge is 0.238 e. The van der Waals surface area contributed by atoms with Gasteiger partial charge in [0.1, 0.15) is 5.75 Å². The maximum atomic E-state index is 11.6. The molecule has 1 aliphatic rings. The normalized spacial score (nSPS) is 17.4.